The molecule has 0 unspecified atom stereocenters. The summed E-state index contributed by atoms with van der Waals surface area (Å²) in [5.41, 5.74) is 0.632. The maximum atomic E-state index is 12.9. The smallest absolute Gasteiger partial charge is 0.277 e. The second-order valence-corrected chi connectivity index (χ2v) is 6.48. The minimum atomic E-state index is -0.328. The Morgan fingerprint density at radius 1 is 1.26 bits per heavy atom. The Bertz CT molecular complexity index is 772. The van der Waals surface area contributed by atoms with E-state index in [1.54, 1.807) is 23.5 Å². The van der Waals surface area contributed by atoms with Gasteiger partial charge in [-0.2, -0.15) is 0 Å². The molecule has 0 spiro atoms. The number of halogens is 1. The Balaban J connectivity index is 1.50. The maximum Gasteiger partial charge on any atom is 0.277 e. The number of carbonyl (C=O) groups excluding carboxylic acids is 1. The lowest BCUT2D eigenvalue weighted by Gasteiger charge is -2.01. The fourth-order valence-electron chi connectivity index (χ4n) is 1.75. The predicted molar refractivity (Wildman–Crippen MR) is 86.6 cm³/mol. The van der Waals surface area contributed by atoms with Gasteiger partial charge in [0.1, 0.15) is 5.82 Å². The van der Waals surface area contributed by atoms with Crippen molar-refractivity contribution in [2.24, 2.45) is 0 Å². The largest absolute Gasteiger partial charge is 0.411 e. The van der Waals surface area contributed by atoms with E-state index in [2.05, 4.69) is 15.5 Å². The molecule has 23 heavy (non-hydrogen) atoms. The summed E-state index contributed by atoms with van der Waals surface area (Å²) >= 11 is 2.75. The van der Waals surface area contributed by atoms with E-state index in [-0.39, 0.29) is 17.5 Å². The summed E-state index contributed by atoms with van der Waals surface area (Å²) in [6.45, 7) is 0.516. The molecule has 0 bridgehead atoms. The predicted octanol–water partition coefficient (Wildman–Crippen LogP) is 3.35. The number of hydrogen-bond donors (Lipinski definition) is 1. The lowest BCUT2D eigenvalue weighted by atomic mass is 10.2. The van der Waals surface area contributed by atoms with Gasteiger partial charge in [0.05, 0.1) is 12.3 Å². The van der Waals surface area contributed by atoms with Crippen LogP contribution in [0.25, 0.3) is 11.5 Å². The molecule has 1 aromatic carbocycles. The monoisotopic (exact) mass is 349 g/mol. The van der Waals surface area contributed by atoms with Crippen LogP contribution < -0.4 is 5.32 Å². The number of nitrogens with zero attached hydrogens (tertiary/aromatic N) is 2. The lowest BCUT2D eigenvalue weighted by molar-refractivity contribution is -0.118. The summed E-state index contributed by atoms with van der Waals surface area (Å²) in [5, 5.41) is 12.8. The molecule has 0 aliphatic carbocycles. The third-order valence-electron chi connectivity index (χ3n) is 2.86. The van der Waals surface area contributed by atoms with Crippen LogP contribution in [0.4, 0.5) is 4.39 Å². The molecule has 0 atom stereocenters. The summed E-state index contributed by atoms with van der Waals surface area (Å²) in [4.78, 5) is 12.9. The maximum absolute atomic E-state index is 12.9. The summed E-state index contributed by atoms with van der Waals surface area (Å²) in [6, 6.07) is 9.67. The Hall–Kier alpha value is -2.19. The van der Waals surface area contributed by atoms with Crippen molar-refractivity contribution in [3.8, 4) is 11.5 Å². The zero-order chi connectivity index (χ0) is 16.1. The van der Waals surface area contributed by atoms with Crippen LogP contribution in [0.5, 0.6) is 0 Å². The van der Waals surface area contributed by atoms with Crippen LogP contribution in [0.3, 0.4) is 0 Å². The molecule has 5 nitrogen and oxygen atoms in total. The van der Waals surface area contributed by atoms with E-state index < -0.39 is 0 Å². The first-order chi connectivity index (χ1) is 11.2. The minimum Gasteiger partial charge on any atom is -0.411 e. The van der Waals surface area contributed by atoms with Gasteiger partial charge in [-0.25, -0.2) is 4.39 Å². The highest BCUT2D eigenvalue weighted by atomic mass is 32.2. The molecule has 2 aromatic heterocycles. The molecule has 0 saturated carbocycles. The lowest BCUT2D eigenvalue weighted by Crippen LogP contribution is -2.24. The number of rotatable bonds is 6. The van der Waals surface area contributed by atoms with Crippen molar-refractivity contribution in [1.29, 1.82) is 0 Å². The third kappa shape index (κ3) is 4.40. The van der Waals surface area contributed by atoms with Gasteiger partial charge >= 0.3 is 0 Å². The first-order valence-electron chi connectivity index (χ1n) is 6.72. The first-order valence-corrected chi connectivity index (χ1v) is 8.58. The van der Waals surface area contributed by atoms with Crippen molar-refractivity contribution < 1.29 is 13.6 Å². The Morgan fingerprint density at radius 2 is 2.09 bits per heavy atom. The fraction of sp³-hybridized carbons (Fsp3) is 0.133. The molecule has 118 valence electrons. The van der Waals surface area contributed by atoms with Gasteiger partial charge in [-0.15, -0.1) is 21.5 Å². The molecule has 0 aliphatic heterocycles. The molecule has 0 saturated heterocycles. The number of benzene rings is 1. The van der Waals surface area contributed by atoms with Gasteiger partial charge in [-0.05, 0) is 35.7 Å². The van der Waals surface area contributed by atoms with Gasteiger partial charge in [0.15, 0.2) is 0 Å². The van der Waals surface area contributed by atoms with Gasteiger partial charge in [-0.1, -0.05) is 17.8 Å². The van der Waals surface area contributed by atoms with Gasteiger partial charge < -0.3 is 9.73 Å². The highest BCUT2D eigenvalue weighted by Gasteiger charge is 2.11. The van der Waals surface area contributed by atoms with E-state index in [9.17, 15) is 9.18 Å². The molecule has 3 rings (SSSR count). The number of carbonyl (C=O) groups is 1. The van der Waals surface area contributed by atoms with Crippen molar-refractivity contribution in [2.75, 3.05) is 5.75 Å². The zero-order valence-electron chi connectivity index (χ0n) is 11.9. The van der Waals surface area contributed by atoms with Crippen LogP contribution in [-0.2, 0) is 11.3 Å². The summed E-state index contributed by atoms with van der Waals surface area (Å²) in [6.07, 6.45) is 0. The van der Waals surface area contributed by atoms with E-state index in [4.69, 9.17) is 4.42 Å². The van der Waals surface area contributed by atoms with Gasteiger partial charge in [-0.3, -0.25) is 4.79 Å². The van der Waals surface area contributed by atoms with Crippen LogP contribution >= 0.6 is 23.1 Å². The average Bonchev–Trinajstić information content (AvgIpc) is 3.23. The van der Waals surface area contributed by atoms with Gasteiger partial charge in [0.25, 0.3) is 5.22 Å². The molecule has 1 N–H and O–H groups in total. The molecular formula is C15H12FN3O2S2. The van der Waals surface area contributed by atoms with E-state index in [0.717, 1.165) is 16.6 Å². The number of amides is 1. The number of hydrogen-bond acceptors (Lipinski definition) is 6. The number of thioether (sulfide) groups is 1. The summed E-state index contributed by atoms with van der Waals surface area (Å²) < 4.78 is 18.3. The molecule has 0 radical (unpaired) electrons. The molecule has 3 aromatic rings. The summed E-state index contributed by atoms with van der Waals surface area (Å²) in [7, 11) is 0. The second kappa shape index (κ2) is 7.38. The van der Waals surface area contributed by atoms with Crippen molar-refractivity contribution >= 4 is 29.0 Å². The van der Waals surface area contributed by atoms with Crippen LogP contribution in [0.2, 0.25) is 0 Å². The van der Waals surface area contributed by atoms with E-state index in [1.807, 2.05) is 17.5 Å². The molecular weight excluding hydrogens is 337 g/mol. The average molecular weight is 349 g/mol. The molecule has 8 heteroatoms. The van der Waals surface area contributed by atoms with Crippen LogP contribution in [0.15, 0.2) is 51.4 Å². The topological polar surface area (TPSA) is 68.0 Å². The van der Waals surface area contributed by atoms with Crippen molar-refractivity contribution in [2.45, 2.75) is 11.8 Å². The van der Waals surface area contributed by atoms with Crippen molar-refractivity contribution in [1.82, 2.24) is 15.5 Å². The molecule has 2 heterocycles. The standard InChI is InChI=1S/C15H12FN3O2S2/c16-11-5-3-10(4-6-11)14-18-19-15(21-14)23-9-13(20)17-8-12-2-1-7-22-12/h1-7H,8-9H2,(H,17,20). The highest BCUT2D eigenvalue weighted by Crippen LogP contribution is 2.23. The van der Waals surface area contributed by atoms with Crippen molar-refractivity contribution in [3.63, 3.8) is 0 Å². The van der Waals surface area contributed by atoms with Gasteiger partial charge in [0.2, 0.25) is 11.8 Å². The van der Waals surface area contributed by atoms with Crippen LogP contribution in [0.1, 0.15) is 4.88 Å². The van der Waals surface area contributed by atoms with Crippen LogP contribution in [-0.4, -0.2) is 21.9 Å². The van der Waals surface area contributed by atoms with E-state index >= 15 is 0 Å². The Morgan fingerprint density at radius 3 is 2.83 bits per heavy atom. The van der Waals surface area contributed by atoms with Gasteiger partial charge in [0, 0.05) is 10.4 Å². The molecule has 0 aliphatic rings. The third-order valence-corrected chi connectivity index (χ3v) is 4.56. The number of aromatic nitrogens is 2. The number of thiophene rings is 1. The Labute approximate surface area is 139 Å². The SMILES string of the molecule is O=C(CSc1nnc(-c2ccc(F)cc2)o1)NCc1cccs1. The zero-order valence-corrected chi connectivity index (χ0v) is 13.5. The van der Waals surface area contributed by atoms with E-state index in [0.29, 0.717) is 23.2 Å². The summed E-state index contributed by atoms with van der Waals surface area (Å²) in [5.74, 6) is 0.0536. The highest BCUT2D eigenvalue weighted by molar-refractivity contribution is 7.99. The minimum absolute atomic E-state index is 0.107. The molecule has 0 fully saturated rings. The normalized spacial score (nSPS) is 10.7. The first kappa shape index (κ1) is 15.7. The quantitative estimate of drug-likeness (QED) is 0.691. The molecule has 1 amide bonds. The van der Waals surface area contributed by atoms with Crippen molar-refractivity contribution in [3.05, 3.63) is 52.5 Å². The number of nitrogens with one attached hydrogen (secondary N) is 1. The van der Waals surface area contributed by atoms with Crippen LogP contribution in [0, 0.1) is 5.82 Å². The van der Waals surface area contributed by atoms with E-state index in [1.165, 1.54) is 12.1 Å². The Kier molecular flexibility index (Phi) is 5.04. The second-order valence-electron chi connectivity index (χ2n) is 4.52. The fourth-order valence-corrected chi connectivity index (χ4v) is 2.99.